The molecule has 0 radical (unpaired) electrons. The molecule has 1 N–H and O–H groups in total. The topological polar surface area (TPSA) is 52.7 Å². The molecule has 2 aliphatic heterocycles. The Bertz CT molecular complexity index is 750. The van der Waals surface area contributed by atoms with Crippen LogP contribution in [0.3, 0.4) is 0 Å². The summed E-state index contributed by atoms with van der Waals surface area (Å²) in [6, 6.07) is 5.91. The summed E-state index contributed by atoms with van der Waals surface area (Å²) >= 11 is 12.3. The van der Waals surface area contributed by atoms with E-state index in [-0.39, 0.29) is 35.6 Å². The second-order valence-electron chi connectivity index (χ2n) is 8.33. The SMILES string of the molecule is CCC(C)C(=O)N1CCC(C(=O)N2CC(c3ccc(Cl)c(Cl)c3)[C@@H](NC)C2)CC1. The number of benzene rings is 1. The fourth-order valence-corrected chi connectivity index (χ4v) is 4.75. The number of nitrogens with one attached hydrogen (secondary N) is 1. The van der Waals surface area contributed by atoms with E-state index < -0.39 is 0 Å². The minimum Gasteiger partial charge on any atom is -0.342 e. The maximum atomic E-state index is 13.2. The molecule has 0 aromatic heterocycles. The molecule has 0 saturated carbocycles. The molecule has 5 nitrogen and oxygen atoms in total. The Kier molecular flexibility index (Phi) is 7.47. The van der Waals surface area contributed by atoms with Crippen LogP contribution in [0.5, 0.6) is 0 Å². The number of nitrogens with zero attached hydrogens (tertiary/aromatic N) is 2. The molecule has 0 spiro atoms. The number of halogens is 2. The first-order chi connectivity index (χ1) is 13.8. The zero-order valence-corrected chi connectivity index (χ0v) is 19.0. The lowest BCUT2D eigenvalue weighted by Gasteiger charge is -2.34. The first-order valence-electron chi connectivity index (χ1n) is 10.6. The Hall–Kier alpha value is -1.30. The van der Waals surface area contributed by atoms with Gasteiger partial charge in [-0.3, -0.25) is 9.59 Å². The van der Waals surface area contributed by atoms with Crippen molar-refractivity contribution in [3.05, 3.63) is 33.8 Å². The molecule has 0 aliphatic carbocycles. The van der Waals surface area contributed by atoms with Crippen LogP contribution in [0.4, 0.5) is 0 Å². The van der Waals surface area contributed by atoms with Gasteiger partial charge in [-0.15, -0.1) is 0 Å². The van der Waals surface area contributed by atoms with E-state index in [4.69, 9.17) is 23.2 Å². The minimum atomic E-state index is 0.000967. The average molecular weight is 440 g/mol. The van der Waals surface area contributed by atoms with Crippen LogP contribution in [0, 0.1) is 11.8 Å². The molecule has 29 heavy (non-hydrogen) atoms. The average Bonchev–Trinajstić information content (AvgIpc) is 3.18. The third-order valence-electron chi connectivity index (χ3n) is 6.56. The summed E-state index contributed by atoms with van der Waals surface area (Å²) in [6.45, 7) is 6.73. The Labute approximate surface area is 183 Å². The maximum absolute atomic E-state index is 13.2. The van der Waals surface area contributed by atoms with Gasteiger partial charge in [-0.1, -0.05) is 43.1 Å². The normalized spacial score (nSPS) is 24.0. The molecule has 2 fully saturated rings. The third-order valence-corrected chi connectivity index (χ3v) is 7.30. The molecule has 1 aromatic carbocycles. The molecule has 2 unspecified atom stereocenters. The van der Waals surface area contributed by atoms with Gasteiger partial charge in [0.1, 0.15) is 0 Å². The van der Waals surface area contributed by atoms with Crippen LogP contribution in [0.15, 0.2) is 18.2 Å². The largest absolute Gasteiger partial charge is 0.342 e. The fraction of sp³-hybridized carbons (Fsp3) is 0.636. The van der Waals surface area contributed by atoms with Crippen molar-refractivity contribution in [2.45, 2.75) is 45.1 Å². The number of carbonyl (C=O) groups is 2. The smallest absolute Gasteiger partial charge is 0.225 e. The molecule has 2 amide bonds. The summed E-state index contributed by atoms with van der Waals surface area (Å²) < 4.78 is 0. The van der Waals surface area contributed by atoms with Gasteiger partial charge >= 0.3 is 0 Å². The number of piperidine rings is 1. The quantitative estimate of drug-likeness (QED) is 0.758. The minimum absolute atomic E-state index is 0.000967. The highest BCUT2D eigenvalue weighted by molar-refractivity contribution is 6.42. The molecule has 1 aromatic rings. The molecule has 7 heteroatoms. The van der Waals surface area contributed by atoms with Crippen molar-refractivity contribution in [2.24, 2.45) is 11.8 Å². The highest BCUT2D eigenvalue weighted by Crippen LogP contribution is 2.33. The van der Waals surface area contributed by atoms with Crippen molar-refractivity contribution in [1.29, 1.82) is 0 Å². The van der Waals surface area contributed by atoms with E-state index in [9.17, 15) is 9.59 Å². The van der Waals surface area contributed by atoms with Crippen molar-refractivity contribution in [3.63, 3.8) is 0 Å². The lowest BCUT2D eigenvalue weighted by atomic mass is 9.93. The number of hydrogen-bond acceptors (Lipinski definition) is 3. The molecule has 3 rings (SSSR count). The summed E-state index contributed by atoms with van der Waals surface area (Å²) in [4.78, 5) is 29.5. The number of hydrogen-bond donors (Lipinski definition) is 1. The first-order valence-corrected chi connectivity index (χ1v) is 11.3. The van der Waals surface area contributed by atoms with Crippen LogP contribution < -0.4 is 5.32 Å². The van der Waals surface area contributed by atoms with Gasteiger partial charge in [-0.05, 0) is 44.0 Å². The van der Waals surface area contributed by atoms with Crippen molar-refractivity contribution in [3.8, 4) is 0 Å². The summed E-state index contributed by atoms with van der Waals surface area (Å²) in [5, 5.41) is 4.44. The molecule has 160 valence electrons. The van der Waals surface area contributed by atoms with E-state index in [0.29, 0.717) is 36.2 Å². The van der Waals surface area contributed by atoms with E-state index in [2.05, 4.69) is 5.32 Å². The van der Waals surface area contributed by atoms with Crippen molar-refractivity contribution < 1.29 is 9.59 Å². The molecular weight excluding hydrogens is 409 g/mol. The predicted molar refractivity (Wildman–Crippen MR) is 117 cm³/mol. The van der Waals surface area contributed by atoms with E-state index in [1.165, 1.54) is 0 Å². The standard InChI is InChI=1S/C22H31Cl2N3O2/c1-4-14(2)21(28)26-9-7-15(8-10-26)22(29)27-12-17(20(13-27)25-3)16-5-6-18(23)19(24)11-16/h5-6,11,14-15,17,20,25H,4,7-10,12-13H2,1-3H3/t14?,17?,20-/m0/s1. The van der Waals surface area contributed by atoms with Crippen LogP contribution in [0.2, 0.25) is 10.0 Å². The zero-order chi connectivity index (χ0) is 21.1. The molecule has 2 heterocycles. The summed E-state index contributed by atoms with van der Waals surface area (Å²) in [7, 11) is 1.93. The van der Waals surface area contributed by atoms with Gasteiger partial charge in [-0.2, -0.15) is 0 Å². The number of rotatable bonds is 5. The van der Waals surface area contributed by atoms with Gasteiger partial charge in [0.05, 0.1) is 10.0 Å². The molecule has 0 bridgehead atoms. The van der Waals surface area contributed by atoms with E-state index in [1.807, 2.05) is 48.9 Å². The molecule has 2 saturated heterocycles. The lowest BCUT2D eigenvalue weighted by molar-refractivity contribution is -0.141. The van der Waals surface area contributed by atoms with Gasteiger partial charge in [-0.25, -0.2) is 0 Å². The highest BCUT2D eigenvalue weighted by Gasteiger charge is 2.39. The van der Waals surface area contributed by atoms with E-state index >= 15 is 0 Å². The Balaban J connectivity index is 1.62. The number of likely N-dealkylation sites (N-methyl/N-ethyl adjacent to an activating group) is 1. The van der Waals surface area contributed by atoms with Gasteiger partial charge in [0.2, 0.25) is 11.8 Å². The predicted octanol–water partition coefficient (Wildman–Crippen LogP) is 3.79. The van der Waals surface area contributed by atoms with Crippen LogP contribution >= 0.6 is 23.2 Å². The maximum Gasteiger partial charge on any atom is 0.225 e. The molecule has 2 aliphatic rings. The van der Waals surface area contributed by atoms with Crippen LogP contribution in [0.1, 0.15) is 44.6 Å². The summed E-state index contributed by atoms with van der Waals surface area (Å²) in [5.74, 6) is 0.675. The zero-order valence-electron chi connectivity index (χ0n) is 17.5. The third kappa shape index (κ3) is 4.89. The number of amides is 2. The van der Waals surface area contributed by atoms with Gasteiger partial charge in [0.15, 0.2) is 0 Å². The van der Waals surface area contributed by atoms with Crippen molar-refractivity contribution in [2.75, 3.05) is 33.2 Å². The number of carbonyl (C=O) groups excluding carboxylic acids is 2. The van der Waals surface area contributed by atoms with Crippen molar-refractivity contribution >= 4 is 35.0 Å². The van der Waals surface area contributed by atoms with Crippen LogP contribution in [-0.4, -0.2) is 60.9 Å². The van der Waals surface area contributed by atoms with E-state index in [0.717, 1.165) is 24.8 Å². The van der Waals surface area contributed by atoms with Gasteiger partial charge in [0, 0.05) is 50.0 Å². The first kappa shape index (κ1) is 22.4. The Morgan fingerprint density at radius 1 is 1.14 bits per heavy atom. The lowest BCUT2D eigenvalue weighted by Crippen LogP contribution is -2.45. The molecular formula is C22H31Cl2N3O2. The van der Waals surface area contributed by atoms with E-state index in [1.54, 1.807) is 0 Å². The van der Waals surface area contributed by atoms with Crippen LogP contribution in [0.25, 0.3) is 0 Å². The van der Waals surface area contributed by atoms with Gasteiger partial charge in [0.25, 0.3) is 0 Å². The van der Waals surface area contributed by atoms with Gasteiger partial charge < -0.3 is 15.1 Å². The molecule has 3 atom stereocenters. The van der Waals surface area contributed by atoms with Crippen molar-refractivity contribution in [1.82, 2.24) is 15.1 Å². The second-order valence-corrected chi connectivity index (χ2v) is 9.14. The monoisotopic (exact) mass is 439 g/mol. The summed E-state index contributed by atoms with van der Waals surface area (Å²) in [6.07, 6.45) is 2.35. The Morgan fingerprint density at radius 3 is 2.41 bits per heavy atom. The summed E-state index contributed by atoms with van der Waals surface area (Å²) in [5.41, 5.74) is 1.10. The number of likely N-dealkylation sites (tertiary alicyclic amines) is 2. The fourth-order valence-electron chi connectivity index (χ4n) is 4.45. The highest BCUT2D eigenvalue weighted by atomic mass is 35.5. The second kappa shape index (κ2) is 9.67. The Morgan fingerprint density at radius 2 is 1.83 bits per heavy atom. The van der Waals surface area contributed by atoms with Crippen LogP contribution in [-0.2, 0) is 9.59 Å².